The summed E-state index contributed by atoms with van der Waals surface area (Å²) >= 11 is 0. The van der Waals surface area contributed by atoms with Crippen molar-refractivity contribution in [2.75, 3.05) is 13.2 Å². The highest BCUT2D eigenvalue weighted by atomic mass is 16.3. The Bertz CT molecular complexity index is 267. The van der Waals surface area contributed by atoms with E-state index in [1.165, 1.54) is 0 Å². The molecule has 0 atom stereocenters. The van der Waals surface area contributed by atoms with Crippen LogP contribution >= 0.6 is 0 Å². The second kappa shape index (κ2) is 9.37. The summed E-state index contributed by atoms with van der Waals surface area (Å²) in [6.07, 6.45) is 2.29. The molecule has 1 rings (SSSR count). The molecular formula is C12H18O3. The lowest BCUT2D eigenvalue weighted by atomic mass is 10.2. The van der Waals surface area contributed by atoms with E-state index >= 15 is 0 Å². The van der Waals surface area contributed by atoms with Crippen LogP contribution in [0.3, 0.4) is 0 Å². The molecular weight excluding hydrogens is 192 g/mol. The summed E-state index contributed by atoms with van der Waals surface area (Å²) in [4.78, 5) is 10.2. The first-order chi connectivity index (χ1) is 7.24. The van der Waals surface area contributed by atoms with E-state index in [0.29, 0.717) is 0 Å². The summed E-state index contributed by atoms with van der Waals surface area (Å²) in [6, 6.07) is 7.49. The molecule has 1 aromatic carbocycles. The Labute approximate surface area is 90.4 Å². The average molecular weight is 210 g/mol. The summed E-state index contributed by atoms with van der Waals surface area (Å²) in [6.45, 7) is 2.36. The van der Waals surface area contributed by atoms with Gasteiger partial charge in [-0.15, -0.1) is 0 Å². The van der Waals surface area contributed by atoms with Crippen LogP contribution in [0.1, 0.15) is 28.8 Å². The maximum absolute atomic E-state index is 10.2. The number of unbranched alkanes of at least 4 members (excludes halogenated alkanes) is 1. The fourth-order valence-corrected chi connectivity index (χ4v) is 0.967. The van der Waals surface area contributed by atoms with Crippen LogP contribution in [-0.4, -0.2) is 29.7 Å². The van der Waals surface area contributed by atoms with E-state index < -0.39 is 0 Å². The molecule has 15 heavy (non-hydrogen) atoms. The minimum Gasteiger partial charge on any atom is -0.396 e. The van der Waals surface area contributed by atoms with Crippen molar-refractivity contribution < 1.29 is 15.0 Å². The molecule has 0 unspecified atom stereocenters. The monoisotopic (exact) mass is 210 g/mol. The maximum Gasteiger partial charge on any atom is 0.150 e. The van der Waals surface area contributed by atoms with E-state index in [2.05, 4.69) is 0 Å². The number of aliphatic hydroxyl groups excluding tert-OH is 2. The van der Waals surface area contributed by atoms with E-state index in [9.17, 15) is 4.79 Å². The number of benzene rings is 1. The number of rotatable bonds is 4. The molecule has 0 aromatic heterocycles. The summed E-state index contributed by atoms with van der Waals surface area (Å²) in [5.41, 5.74) is 1.87. The summed E-state index contributed by atoms with van der Waals surface area (Å²) in [5.74, 6) is 0. The quantitative estimate of drug-likeness (QED) is 0.585. The van der Waals surface area contributed by atoms with Gasteiger partial charge in [0.1, 0.15) is 6.29 Å². The first kappa shape index (κ1) is 13.8. The smallest absolute Gasteiger partial charge is 0.150 e. The van der Waals surface area contributed by atoms with Gasteiger partial charge in [-0.1, -0.05) is 23.8 Å². The van der Waals surface area contributed by atoms with Gasteiger partial charge in [0, 0.05) is 18.8 Å². The molecule has 0 saturated carbocycles. The first-order valence-electron chi connectivity index (χ1n) is 4.98. The van der Waals surface area contributed by atoms with Crippen molar-refractivity contribution in [3.8, 4) is 0 Å². The third-order valence-corrected chi connectivity index (χ3v) is 1.74. The second-order valence-corrected chi connectivity index (χ2v) is 3.19. The van der Waals surface area contributed by atoms with Crippen molar-refractivity contribution in [2.45, 2.75) is 19.8 Å². The topological polar surface area (TPSA) is 57.5 Å². The standard InChI is InChI=1S/C8H8O.C4H10O2/c1-7-3-2-4-8(5-7)6-9;5-3-1-2-4-6/h2-6H,1H3;5-6H,1-4H2. The van der Waals surface area contributed by atoms with Gasteiger partial charge in [0.15, 0.2) is 0 Å². The molecule has 0 amide bonds. The Balaban J connectivity index is 0.000000288. The Kier molecular flexibility index (Phi) is 8.63. The van der Waals surface area contributed by atoms with E-state index in [-0.39, 0.29) is 13.2 Å². The van der Waals surface area contributed by atoms with Crippen LogP contribution in [-0.2, 0) is 0 Å². The van der Waals surface area contributed by atoms with Crippen molar-refractivity contribution >= 4 is 6.29 Å². The Morgan fingerprint density at radius 3 is 2.13 bits per heavy atom. The number of hydrogen-bond donors (Lipinski definition) is 2. The highest BCUT2D eigenvalue weighted by molar-refractivity contribution is 5.74. The van der Waals surface area contributed by atoms with Crippen LogP contribution in [0.5, 0.6) is 0 Å². The Morgan fingerprint density at radius 1 is 1.20 bits per heavy atom. The number of carbonyl (C=O) groups is 1. The predicted molar refractivity (Wildman–Crippen MR) is 60.0 cm³/mol. The number of aliphatic hydroxyl groups is 2. The number of hydrogen-bond acceptors (Lipinski definition) is 3. The molecule has 0 fully saturated rings. The number of aldehydes is 1. The van der Waals surface area contributed by atoms with Crippen LogP contribution in [0.15, 0.2) is 24.3 Å². The molecule has 0 saturated heterocycles. The number of aryl methyl sites for hydroxylation is 1. The second-order valence-electron chi connectivity index (χ2n) is 3.19. The van der Waals surface area contributed by atoms with E-state index in [1.807, 2.05) is 25.1 Å². The minimum atomic E-state index is 0.195. The predicted octanol–water partition coefficient (Wildman–Crippen LogP) is 1.56. The highest BCUT2D eigenvalue weighted by Gasteiger charge is 1.86. The van der Waals surface area contributed by atoms with E-state index in [0.717, 1.165) is 30.3 Å². The van der Waals surface area contributed by atoms with Gasteiger partial charge in [-0.25, -0.2) is 0 Å². The van der Waals surface area contributed by atoms with Gasteiger partial charge in [-0.3, -0.25) is 4.79 Å². The largest absolute Gasteiger partial charge is 0.396 e. The molecule has 2 N–H and O–H groups in total. The van der Waals surface area contributed by atoms with Gasteiger partial charge in [0.2, 0.25) is 0 Å². The van der Waals surface area contributed by atoms with Crippen molar-refractivity contribution in [3.63, 3.8) is 0 Å². The fourth-order valence-electron chi connectivity index (χ4n) is 0.967. The molecule has 1 aromatic rings. The van der Waals surface area contributed by atoms with Crippen molar-refractivity contribution in [3.05, 3.63) is 35.4 Å². The lowest BCUT2D eigenvalue weighted by molar-refractivity contribution is 0.112. The van der Waals surface area contributed by atoms with Crippen LogP contribution in [0.2, 0.25) is 0 Å². The number of carbonyl (C=O) groups excluding carboxylic acids is 1. The Morgan fingerprint density at radius 2 is 1.80 bits per heavy atom. The zero-order chi connectivity index (χ0) is 11.5. The summed E-state index contributed by atoms with van der Waals surface area (Å²) < 4.78 is 0. The lowest BCUT2D eigenvalue weighted by Crippen LogP contribution is -1.85. The van der Waals surface area contributed by atoms with Gasteiger partial charge in [-0.05, 0) is 25.8 Å². The molecule has 3 heteroatoms. The van der Waals surface area contributed by atoms with Crippen LogP contribution in [0.4, 0.5) is 0 Å². The molecule has 0 aliphatic heterocycles. The molecule has 0 bridgehead atoms. The molecule has 0 radical (unpaired) electrons. The van der Waals surface area contributed by atoms with Crippen molar-refractivity contribution in [2.24, 2.45) is 0 Å². The highest BCUT2D eigenvalue weighted by Crippen LogP contribution is 1.99. The van der Waals surface area contributed by atoms with Gasteiger partial charge in [-0.2, -0.15) is 0 Å². The molecule has 0 heterocycles. The van der Waals surface area contributed by atoms with E-state index in [4.69, 9.17) is 10.2 Å². The fraction of sp³-hybridized carbons (Fsp3) is 0.417. The van der Waals surface area contributed by atoms with Gasteiger partial charge >= 0.3 is 0 Å². The SMILES string of the molecule is Cc1cccc(C=O)c1.OCCCCO. The van der Waals surface area contributed by atoms with Crippen LogP contribution in [0, 0.1) is 6.92 Å². The normalized spacial score (nSPS) is 9.00. The van der Waals surface area contributed by atoms with Crippen molar-refractivity contribution in [1.82, 2.24) is 0 Å². The maximum atomic E-state index is 10.2. The van der Waals surface area contributed by atoms with Gasteiger partial charge in [0.25, 0.3) is 0 Å². The lowest BCUT2D eigenvalue weighted by Gasteiger charge is -1.89. The first-order valence-corrected chi connectivity index (χ1v) is 4.98. The zero-order valence-electron chi connectivity index (χ0n) is 9.02. The molecule has 0 spiro atoms. The third kappa shape index (κ3) is 7.85. The Hall–Kier alpha value is -1.19. The summed E-state index contributed by atoms with van der Waals surface area (Å²) in [5, 5.41) is 16.2. The molecule has 0 aliphatic carbocycles. The van der Waals surface area contributed by atoms with Gasteiger partial charge in [0.05, 0.1) is 0 Å². The van der Waals surface area contributed by atoms with Gasteiger partial charge < -0.3 is 10.2 Å². The molecule has 0 aliphatic rings. The van der Waals surface area contributed by atoms with Crippen LogP contribution < -0.4 is 0 Å². The van der Waals surface area contributed by atoms with Crippen molar-refractivity contribution in [1.29, 1.82) is 0 Å². The van der Waals surface area contributed by atoms with E-state index in [1.54, 1.807) is 6.07 Å². The zero-order valence-corrected chi connectivity index (χ0v) is 9.02. The molecule has 3 nitrogen and oxygen atoms in total. The minimum absolute atomic E-state index is 0.195. The summed E-state index contributed by atoms with van der Waals surface area (Å²) in [7, 11) is 0. The third-order valence-electron chi connectivity index (χ3n) is 1.74. The average Bonchev–Trinajstić information content (AvgIpc) is 2.27. The molecule has 84 valence electrons. The van der Waals surface area contributed by atoms with Crippen LogP contribution in [0.25, 0.3) is 0 Å².